The molecule has 21 nitrogen and oxygen atoms in total. The highest BCUT2D eigenvalue weighted by Gasteiger charge is 2.40. The SMILES string of the molecule is CC1(C)CCC(CN2CCN(c3ccc(C(=O)NS(=O)(=O)c4ccc(NCc5cn(CCCCCC#Cc6cccc7c6CN(C6CCC(=O)NC6=O)C7=O)nn5)c([N+](=O)[O-])c4)c(Oc4cnc5[nH]ccc5c4)c3)CC2)=C(c2ccc(Cl)cc2)C1. The molecule has 85 heavy (non-hydrogen) atoms. The highest BCUT2D eigenvalue weighted by molar-refractivity contribution is 7.90. The molecule has 3 aliphatic heterocycles. The minimum absolute atomic E-state index is 0.0301. The van der Waals surface area contributed by atoms with Crippen molar-refractivity contribution < 1.29 is 37.3 Å². The maximum atomic E-state index is 14.1. The first-order chi connectivity index (χ1) is 40.9. The fourth-order valence-electron chi connectivity index (χ4n) is 11.4. The van der Waals surface area contributed by atoms with Crippen molar-refractivity contribution in [2.45, 2.75) is 102 Å². The van der Waals surface area contributed by atoms with Crippen LogP contribution in [0.15, 0.2) is 120 Å². The van der Waals surface area contributed by atoms with E-state index < -0.39 is 43.4 Å². The monoisotopic (exact) mass is 1190 g/mol. The van der Waals surface area contributed by atoms with E-state index in [9.17, 15) is 37.7 Å². The maximum Gasteiger partial charge on any atom is 0.293 e. The zero-order chi connectivity index (χ0) is 59.4. The summed E-state index contributed by atoms with van der Waals surface area (Å²) in [5, 5.41) is 27.6. The van der Waals surface area contributed by atoms with E-state index in [4.69, 9.17) is 16.3 Å². The second-order valence-corrected chi connectivity index (χ2v) is 24.7. The lowest BCUT2D eigenvalue weighted by Crippen LogP contribution is -2.52. The zero-order valence-electron chi connectivity index (χ0n) is 47.0. The van der Waals surface area contributed by atoms with E-state index in [0.29, 0.717) is 53.7 Å². The number of aromatic nitrogens is 5. The van der Waals surface area contributed by atoms with Gasteiger partial charge in [0, 0.05) is 104 Å². The first-order valence-corrected chi connectivity index (χ1v) is 30.2. The number of carbonyl (C=O) groups is 4. The standard InChI is InChI=1S/C62H63ClN12O9S/c1-62(2)24-22-43(51(34-62)41-12-14-44(63)15-13-41)37-71-27-29-72(30-28-71)46-16-18-50(56(32-46)84-47-31-42-23-25-64-58(42)66-36-47)59(77)69-85(82,83)48-17-19-53(55(33-48)75(80)81)65-35-45-38-73(70-68-45)26-7-5-3-4-6-9-40-10-8-11-49-52(40)39-74(61(49)79)54-20-21-57(76)67-60(54)78/h8,10-19,23,25,31-33,36,38,54,65H,3-5,7,20-22,24,26-30,34-35,37,39H2,1-2H3,(H,64,66)(H,69,77)(H,67,76,78). The molecule has 4 N–H and O–H groups in total. The van der Waals surface area contributed by atoms with Crippen molar-refractivity contribution in [2.75, 3.05) is 42.9 Å². The number of hydrogen-bond acceptors (Lipinski definition) is 15. The second-order valence-electron chi connectivity index (χ2n) is 22.6. The van der Waals surface area contributed by atoms with Crippen molar-refractivity contribution in [3.8, 4) is 23.3 Å². The third kappa shape index (κ3) is 13.4. The molecule has 1 unspecified atom stereocenters. The molecule has 3 aromatic heterocycles. The van der Waals surface area contributed by atoms with Gasteiger partial charge in [0.2, 0.25) is 11.8 Å². The van der Waals surface area contributed by atoms with Gasteiger partial charge >= 0.3 is 0 Å². The number of H-pyrrole nitrogens is 1. The summed E-state index contributed by atoms with van der Waals surface area (Å²) < 4.78 is 38.0. The van der Waals surface area contributed by atoms with Crippen LogP contribution in [0.2, 0.25) is 5.02 Å². The molecule has 0 radical (unpaired) electrons. The second kappa shape index (κ2) is 24.7. The lowest BCUT2D eigenvalue weighted by Gasteiger charge is -2.39. The summed E-state index contributed by atoms with van der Waals surface area (Å²) in [6.07, 6.45) is 11.6. The third-order valence-electron chi connectivity index (χ3n) is 16.1. The Morgan fingerprint density at radius 1 is 0.965 bits per heavy atom. The fraction of sp³-hybridized carbons (Fsp3) is 0.339. The van der Waals surface area contributed by atoms with E-state index in [1.165, 1.54) is 46.0 Å². The number of fused-ring (bicyclic) bond motifs is 2. The number of piperazine rings is 1. The summed E-state index contributed by atoms with van der Waals surface area (Å²) in [4.78, 5) is 76.3. The average molecular weight is 1190 g/mol. The smallest absolute Gasteiger partial charge is 0.293 e. The number of benzene rings is 4. The van der Waals surface area contributed by atoms with Crippen molar-refractivity contribution in [3.63, 3.8) is 0 Å². The fourth-order valence-corrected chi connectivity index (χ4v) is 12.5. The summed E-state index contributed by atoms with van der Waals surface area (Å²) in [6, 6.07) is 24.7. The number of piperidine rings is 1. The summed E-state index contributed by atoms with van der Waals surface area (Å²) in [7, 11) is -4.67. The van der Waals surface area contributed by atoms with Gasteiger partial charge in [-0.15, -0.1) is 5.10 Å². The molecule has 1 atom stereocenters. The van der Waals surface area contributed by atoms with E-state index in [0.717, 1.165) is 86.4 Å². The molecule has 1 aliphatic carbocycles. The van der Waals surface area contributed by atoms with E-state index in [1.807, 2.05) is 24.3 Å². The molecular weight excluding hydrogens is 1120 g/mol. The Morgan fingerprint density at radius 2 is 1.79 bits per heavy atom. The largest absolute Gasteiger partial charge is 0.455 e. The number of nitro benzene ring substituents is 1. The van der Waals surface area contributed by atoms with E-state index in [-0.39, 0.29) is 60.2 Å². The molecule has 438 valence electrons. The number of halogens is 1. The first-order valence-electron chi connectivity index (χ1n) is 28.4. The van der Waals surface area contributed by atoms with Crippen LogP contribution in [0.1, 0.15) is 115 Å². The van der Waals surface area contributed by atoms with Crippen LogP contribution in [0.3, 0.4) is 0 Å². The number of nitrogens with zero attached hydrogens (tertiary/aromatic N) is 8. The number of anilines is 2. The Morgan fingerprint density at radius 3 is 2.59 bits per heavy atom. The number of imide groups is 1. The van der Waals surface area contributed by atoms with Gasteiger partial charge in [-0.25, -0.2) is 18.1 Å². The number of aromatic amines is 1. The van der Waals surface area contributed by atoms with Gasteiger partial charge in [0.1, 0.15) is 34.6 Å². The number of nitro groups is 1. The molecule has 4 aromatic carbocycles. The van der Waals surface area contributed by atoms with Crippen molar-refractivity contribution in [2.24, 2.45) is 5.41 Å². The summed E-state index contributed by atoms with van der Waals surface area (Å²) in [5.41, 5.74) is 7.60. The molecule has 2 saturated heterocycles. The predicted octanol–water partition coefficient (Wildman–Crippen LogP) is 9.40. The molecule has 4 amide bonds. The van der Waals surface area contributed by atoms with E-state index in [1.54, 1.807) is 47.4 Å². The number of pyridine rings is 1. The minimum atomic E-state index is -4.67. The molecule has 0 saturated carbocycles. The lowest BCUT2D eigenvalue weighted by atomic mass is 9.72. The highest BCUT2D eigenvalue weighted by Crippen LogP contribution is 2.44. The summed E-state index contributed by atoms with van der Waals surface area (Å²) >= 11 is 6.27. The first kappa shape index (κ1) is 57.9. The van der Waals surface area contributed by atoms with E-state index >= 15 is 0 Å². The number of carbonyl (C=O) groups excluding carboxylic acids is 4. The number of hydrogen-bond donors (Lipinski definition) is 4. The topological polar surface area (TPSA) is 260 Å². The normalized spacial score (nSPS) is 17.1. The summed E-state index contributed by atoms with van der Waals surface area (Å²) in [5.74, 6) is 4.78. The summed E-state index contributed by atoms with van der Waals surface area (Å²) in [6.45, 7) is 9.33. The van der Waals surface area contributed by atoms with Gasteiger partial charge in [-0.2, -0.15) is 0 Å². The maximum absolute atomic E-state index is 14.1. The zero-order valence-corrected chi connectivity index (χ0v) is 48.6. The van der Waals surface area contributed by atoms with Crippen molar-refractivity contribution in [3.05, 3.63) is 164 Å². The van der Waals surface area contributed by atoms with Crippen LogP contribution in [0.5, 0.6) is 11.5 Å². The predicted molar refractivity (Wildman–Crippen MR) is 320 cm³/mol. The van der Waals surface area contributed by atoms with Gasteiger partial charge in [-0.05, 0) is 121 Å². The quantitative estimate of drug-likeness (QED) is 0.0193. The molecule has 0 spiro atoms. The molecule has 2 fully saturated rings. The Hall–Kier alpha value is -8.91. The van der Waals surface area contributed by atoms with Crippen LogP contribution in [0, 0.1) is 27.4 Å². The van der Waals surface area contributed by atoms with Crippen molar-refractivity contribution in [1.29, 1.82) is 0 Å². The Balaban J connectivity index is 0.694. The van der Waals surface area contributed by atoms with Crippen LogP contribution in [-0.2, 0) is 39.2 Å². The minimum Gasteiger partial charge on any atom is -0.455 e. The number of unbranched alkanes of at least 4 members (excludes halogenated alkanes) is 3. The molecular formula is C62H63ClN12O9S. The number of aryl methyl sites for hydroxylation is 1. The molecule has 23 heteroatoms. The van der Waals surface area contributed by atoms with Gasteiger partial charge in [0.25, 0.3) is 27.5 Å². The van der Waals surface area contributed by atoms with Gasteiger partial charge in [-0.3, -0.25) is 44.2 Å². The van der Waals surface area contributed by atoms with Crippen molar-refractivity contribution in [1.82, 2.24) is 44.8 Å². The number of amides is 4. The molecule has 0 bridgehead atoms. The van der Waals surface area contributed by atoms with E-state index in [2.05, 4.69) is 83.3 Å². The number of sulfonamides is 1. The molecule has 11 rings (SSSR count). The molecule has 4 aliphatic rings. The van der Waals surface area contributed by atoms with Gasteiger partial charge in [0.15, 0.2) is 0 Å². The van der Waals surface area contributed by atoms with Crippen LogP contribution in [-0.4, -0.2) is 110 Å². The van der Waals surface area contributed by atoms with Crippen LogP contribution in [0.4, 0.5) is 17.1 Å². The number of rotatable bonds is 19. The highest BCUT2D eigenvalue weighted by atomic mass is 35.5. The van der Waals surface area contributed by atoms with Crippen LogP contribution >= 0.6 is 11.6 Å². The molecule has 7 aromatic rings. The number of ether oxygens (including phenoxy) is 1. The Bertz CT molecular complexity index is 3970. The lowest BCUT2D eigenvalue weighted by molar-refractivity contribution is -0.384. The molecule has 6 heterocycles. The van der Waals surface area contributed by atoms with Gasteiger partial charge in [0.05, 0.1) is 34.3 Å². The number of allylic oxidation sites excluding steroid dienone is 1. The average Bonchev–Trinajstić information content (AvgIpc) is 3.45. The van der Waals surface area contributed by atoms with Crippen LogP contribution < -0.4 is 25.0 Å². The van der Waals surface area contributed by atoms with Gasteiger partial charge < -0.3 is 24.8 Å². The third-order valence-corrected chi connectivity index (χ3v) is 17.7. The van der Waals surface area contributed by atoms with Gasteiger partial charge in [-0.1, -0.05) is 72.7 Å². The van der Waals surface area contributed by atoms with Crippen LogP contribution in [0.25, 0.3) is 16.6 Å². The number of nitrogens with one attached hydrogen (secondary N) is 4. The van der Waals surface area contributed by atoms with Crippen molar-refractivity contribution >= 4 is 78.9 Å². The Kier molecular flexibility index (Phi) is 16.8. The Labute approximate surface area is 496 Å².